The van der Waals surface area contributed by atoms with Crippen LogP contribution in [-0.4, -0.2) is 50.1 Å². The van der Waals surface area contributed by atoms with Gasteiger partial charge in [0.25, 0.3) is 0 Å². The molecule has 8 nitrogen and oxygen atoms in total. The average Bonchev–Trinajstić information content (AvgIpc) is 3.53. The third-order valence-corrected chi connectivity index (χ3v) is 7.94. The van der Waals surface area contributed by atoms with E-state index in [1.54, 1.807) is 32.7 Å². The molecule has 0 radical (unpaired) electrons. The maximum Gasteiger partial charge on any atom is 0.246 e. The topological polar surface area (TPSA) is 85.9 Å². The summed E-state index contributed by atoms with van der Waals surface area (Å²) in [6.45, 7) is 3.41. The second-order valence-corrected chi connectivity index (χ2v) is 9.85. The number of aryl methyl sites for hydroxylation is 1. The highest BCUT2D eigenvalue weighted by molar-refractivity contribution is 7.89. The Morgan fingerprint density at radius 2 is 2.17 bits per heavy atom. The van der Waals surface area contributed by atoms with E-state index in [9.17, 15) is 8.42 Å². The smallest absolute Gasteiger partial charge is 0.246 e. The Bertz CT molecular complexity index is 1260. The Morgan fingerprint density at radius 3 is 2.93 bits per heavy atom. The number of sulfonamides is 1. The normalized spacial score (nSPS) is 18.0. The van der Waals surface area contributed by atoms with Gasteiger partial charge >= 0.3 is 0 Å². The van der Waals surface area contributed by atoms with Gasteiger partial charge in [-0.25, -0.2) is 18.4 Å². The molecule has 1 unspecified atom stereocenters. The van der Waals surface area contributed by atoms with Crippen LogP contribution in [0.25, 0.3) is 21.9 Å². The predicted molar refractivity (Wildman–Crippen MR) is 111 cm³/mol. The summed E-state index contributed by atoms with van der Waals surface area (Å²) in [5, 5.41) is 6.13. The molecule has 10 heteroatoms. The number of pyridine rings is 1. The SMILES string of the molecule is CCn1cc(S(=O)(=O)N2CCC(n3c(-c4cccs4)nc4cccnc43)C2)cn1. The van der Waals surface area contributed by atoms with Crippen LogP contribution in [0.15, 0.2) is 53.1 Å². The van der Waals surface area contributed by atoms with Gasteiger partial charge in [-0.05, 0) is 36.9 Å². The van der Waals surface area contributed by atoms with Gasteiger partial charge in [0.05, 0.1) is 17.1 Å². The Morgan fingerprint density at radius 1 is 1.28 bits per heavy atom. The Labute approximate surface area is 172 Å². The van der Waals surface area contributed by atoms with E-state index < -0.39 is 10.0 Å². The van der Waals surface area contributed by atoms with Crippen LogP contribution in [0.4, 0.5) is 0 Å². The van der Waals surface area contributed by atoms with Gasteiger partial charge in [-0.3, -0.25) is 4.68 Å². The number of thiophene rings is 1. The standard InChI is InChI=1S/C19H20N6O2S2/c1-2-23-13-15(11-21-23)29(26,27)24-9-7-14(12-24)25-18-16(5-3-8-20-18)22-19(25)17-6-4-10-28-17/h3-6,8,10-11,13-14H,2,7,9,12H2,1H3. The van der Waals surface area contributed by atoms with Crippen LogP contribution >= 0.6 is 11.3 Å². The van der Waals surface area contributed by atoms with Crippen molar-refractivity contribution in [3.8, 4) is 10.7 Å². The highest BCUT2D eigenvalue weighted by Crippen LogP contribution is 2.35. The minimum absolute atomic E-state index is 0.0250. The van der Waals surface area contributed by atoms with Crippen LogP contribution in [0.2, 0.25) is 0 Å². The fraction of sp³-hybridized carbons (Fsp3) is 0.316. The van der Waals surface area contributed by atoms with Crippen LogP contribution in [0.1, 0.15) is 19.4 Å². The van der Waals surface area contributed by atoms with Gasteiger partial charge in [0.15, 0.2) is 11.5 Å². The lowest BCUT2D eigenvalue weighted by atomic mass is 10.2. The monoisotopic (exact) mass is 428 g/mol. The second kappa shape index (κ2) is 7.05. The van der Waals surface area contributed by atoms with Crippen molar-refractivity contribution in [3.05, 3.63) is 48.2 Å². The molecule has 1 saturated heterocycles. The summed E-state index contributed by atoms with van der Waals surface area (Å²) < 4.78 is 31.5. The maximum atomic E-state index is 13.1. The molecule has 29 heavy (non-hydrogen) atoms. The van der Waals surface area contributed by atoms with Crippen molar-refractivity contribution in [1.82, 2.24) is 28.6 Å². The molecule has 1 aliphatic rings. The number of nitrogens with zero attached hydrogens (tertiary/aromatic N) is 6. The lowest BCUT2D eigenvalue weighted by Crippen LogP contribution is -2.29. The molecular formula is C19H20N6O2S2. The number of hydrogen-bond acceptors (Lipinski definition) is 6. The molecule has 4 aromatic heterocycles. The van der Waals surface area contributed by atoms with Crippen LogP contribution in [-0.2, 0) is 16.6 Å². The van der Waals surface area contributed by atoms with Gasteiger partial charge in [-0.2, -0.15) is 9.40 Å². The summed E-state index contributed by atoms with van der Waals surface area (Å²) in [4.78, 5) is 10.6. The van der Waals surface area contributed by atoms with E-state index in [0.29, 0.717) is 26.1 Å². The van der Waals surface area contributed by atoms with E-state index >= 15 is 0 Å². The number of fused-ring (bicyclic) bond motifs is 1. The fourth-order valence-electron chi connectivity index (χ4n) is 3.79. The van der Waals surface area contributed by atoms with E-state index in [2.05, 4.69) is 14.6 Å². The van der Waals surface area contributed by atoms with Crippen molar-refractivity contribution in [3.63, 3.8) is 0 Å². The van der Waals surface area contributed by atoms with E-state index in [1.165, 1.54) is 6.20 Å². The maximum absolute atomic E-state index is 13.1. The number of aromatic nitrogens is 5. The van der Waals surface area contributed by atoms with E-state index in [1.807, 2.05) is 36.6 Å². The lowest BCUT2D eigenvalue weighted by Gasteiger charge is -2.18. The Balaban J connectivity index is 1.52. The molecule has 5 rings (SSSR count). The van der Waals surface area contributed by atoms with Crippen LogP contribution < -0.4 is 0 Å². The quantitative estimate of drug-likeness (QED) is 0.488. The predicted octanol–water partition coefficient (Wildman–Crippen LogP) is 3.01. The van der Waals surface area contributed by atoms with E-state index in [0.717, 1.165) is 21.9 Å². The highest BCUT2D eigenvalue weighted by atomic mass is 32.2. The first-order valence-electron chi connectivity index (χ1n) is 9.47. The average molecular weight is 429 g/mol. The minimum atomic E-state index is -3.57. The molecule has 4 aromatic rings. The minimum Gasteiger partial charge on any atom is -0.304 e. The first kappa shape index (κ1) is 18.5. The molecule has 150 valence electrons. The summed E-state index contributed by atoms with van der Waals surface area (Å²) >= 11 is 1.62. The molecule has 5 heterocycles. The van der Waals surface area contributed by atoms with Gasteiger partial charge in [-0.15, -0.1) is 11.3 Å². The van der Waals surface area contributed by atoms with Crippen LogP contribution in [0.5, 0.6) is 0 Å². The molecule has 0 spiro atoms. The molecule has 0 aliphatic carbocycles. The summed E-state index contributed by atoms with van der Waals surface area (Å²) in [6, 6.07) is 7.81. The molecule has 0 saturated carbocycles. The fourth-order valence-corrected chi connectivity index (χ4v) is 5.95. The molecule has 1 atom stereocenters. The van der Waals surface area contributed by atoms with Crippen molar-refractivity contribution < 1.29 is 8.42 Å². The molecule has 1 fully saturated rings. The van der Waals surface area contributed by atoms with Gasteiger partial charge in [0.2, 0.25) is 10.0 Å². The van der Waals surface area contributed by atoms with Crippen LogP contribution in [0.3, 0.4) is 0 Å². The number of hydrogen-bond donors (Lipinski definition) is 0. The molecular weight excluding hydrogens is 408 g/mol. The molecule has 0 bridgehead atoms. The van der Waals surface area contributed by atoms with Gasteiger partial charge < -0.3 is 4.57 Å². The van der Waals surface area contributed by atoms with Crippen molar-refractivity contribution in [2.24, 2.45) is 0 Å². The molecule has 0 amide bonds. The van der Waals surface area contributed by atoms with Gasteiger partial charge in [0, 0.05) is 32.0 Å². The van der Waals surface area contributed by atoms with E-state index in [4.69, 9.17) is 4.98 Å². The summed E-state index contributed by atoms with van der Waals surface area (Å²) in [7, 11) is -3.57. The van der Waals surface area contributed by atoms with Crippen LogP contribution in [0, 0.1) is 0 Å². The van der Waals surface area contributed by atoms with Gasteiger partial charge in [0.1, 0.15) is 10.4 Å². The van der Waals surface area contributed by atoms with Crippen molar-refractivity contribution in [2.75, 3.05) is 13.1 Å². The van der Waals surface area contributed by atoms with Crippen molar-refractivity contribution in [1.29, 1.82) is 0 Å². The Hall–Kier alpha value is -2.56. The summed E-state index contributed by atoms with van der Waals surface area (Å²) in [5.41, 5.74) is 1.61. The second-order valence-electron chi connectivity index (χ2n) is 6.97. The zero-order valence-electron chi connectivity index (χ0n) is 15.8. The molecule has 0 N–H and O–H groups in total. The van der Waals surface area contributed by atoms with Crippen molar-refractivity contribution >= 4 is 32.5 Å². The zero-order valence-corrected chi connectivity index (χ0v) is 17.5. The molecule has 1 aliphatic heterocycles. The summed E-state index contributed by atoms with van der Waals surface area (Å²) in [5.74, 6) is 0.844. The zero-order chi connectivity index (χ0) is 20.0. The van der Waals surface area contributed by atoms with Gasteiger partial charge in [-0.1, -0.05) is 6.07 Å². The highest BCUT2D eigenvalue weighted by Gasteiger charge is 2.36. The largest absolute Gasteiger partial charge is 0.304 e. The van der Waals surface area contributed by atoms with E-state index in [-0.39, 0.29) is 10.9 Å². The third kappa shape index (κ3) is 3.07. The lowest BCUT2D eigenvalue weighted by molar-refractivity contribution is 0.455. The number of imidazole rings is 1. The third-order valence-electron chi connectivity index (χ3n) is 5.25. The summed E-state index contributed by atoms with van der Waals surface area (Å²) in [6.07, 6.45) is 5.48. The van der Waals surface area contributed by atoms with Crippen molar-refractivity contribution in [2.45, 2.75) is 30.8 Å². The molecule has 0 aromatic carbocycles. The number of rotatable bonds is 5. The first-order valence-corrected chi connectivity index (χ1v) is 11.8. The Kier molecular flexibility index (Phi) is 4.49. The first-order chi connectivity index (χ1) is 14.1.